The summed E-state index contributed by atoms with van der Waals surface area (Å²) >= 11 is 0. The van der Waals surface area contributed by atoms with Gasteiger partial charge in [-0.05, 0) is 92.3 Å². The van der Waals surface area contributed by atoms with Gasteiger partial charge in [-0.1, -0.05) is 13.8 Å². The van der Waals surface area contributed by atoms with Crippen molar-refractivity contribution < 1.29 is 9.84 Å². The van der Waals surface area contributed by atoms with E-state index in [1.165, 1.54) is 44.9 Å². The van der Waals surface area contributed by atoms with Crippen LogP contribution in [-0.2, 0) is 4.74 Å². The minimum Gasteiger partial charge on any atom is -0.393 e. The van der Waals surface area contributed by atoms with Crippen LogP contribution in [-0.4, -0.2) is 24.4 Å². The minimum atomic E-state index is -0.0205. The van der Waals surface area contributed by atoms with Crippen molar-refractivity contribution in [2.75, 3.05) is 7.11 Å². The van der Waals surface area contributed by atoms with Crippen molar-refractivity contribution in [3.8, 4) is 0 Å². The van der Waals surface area contributed by atoms with Gasteiger partial charge in [-0.25, -0.2) is 0 Å². The van der Waals surface area contributed by atoms with Crippen molar-refractivity contribution in [2.24, 2.45) is 34.5 Å². The van der Waals surface area contributed by atoms with E-state index in [0.29, 0.717) is 16.9 Å². The molecule has 2 heteroatoms. The van der Waals surface area contributed by atoms with Gasteiger partial charge in [0, 0.05) is 7.11 Å². The van der Waals surface area contributed by atoms with Crippen molar-refractivity contribution >= 4 is 0 Å². The second kappa shape index (κ2) is 5.21. The van der Waals surface area contributed by atoms with E-state index in [1.807, 2.05) is 7.11 Å². The molecule has 0 heterocycles. The minimum absolute atomic E-state index is 0.0205. The van der Waals surface area contributed by atoms with Crippen LogP contribution < -0.4 is 0 Å². The molecule has 0 aliphatic heterocycles. The number of aliphatic hydroxyl groups is 1. The van der Waals surface area contributed by atoms with Crippen LogP contribution in [0.3, 0.4) is 0 Å². The van der Waals surface area contributed by atoms with E-state index < -0.39 is 0 Å². The number of ether oxygens (including phenoxy) is 1. The zero-order chi connectivity index (χ0) is 15.5. The predicted octanol–water partition coefficient (Wildman–Crippen LogP) is 4.41. The van der Waals surface area contributed by atoms with Gasteiger partial charge in [-0.15, -0.1) is 0 Å². The third-order valence-corrected chi connectivity index (χ3v) is 8.70. The highest BCUT2D eigenvalue weighted by atomic mass is 16.5. The quantitative estimate of drug-likeness (QED) is 0.778. The zero-order valence-corrected chi connectivity index (χ0v) is 14.7. The van der Waals surface area contributed by atoms with E-state index in [0.717, 1.165) is 36.5 Å². The Balaban J connectivity index is 1.60. The van der Waals surface area contributed by atoms with Gasteiger partial charge >= 0.3 is 0 Å². The molecule has 0 bridgehead atoms. The molecule has 8 atom stereocenters. The molecule has 1 N–H and O–H groups in total. The van der Waals surface area contributed by atoms with E-state index in [2.05, 4.69) is 13.8 Å². The maximum absolute atomic E-state index is 10.1. The van der Waals surface area contributed by atoms with E-state index >= 15 is 0 Å². The van der Waals surface area contributed by atoms with Crippen LogP contribution in [0.25, 0.3) is 0 Å². The summed E-state index contributed by atoms with van der Waals surface area (Å²) in [6.07, 6.45) is 12.1. The first-order valence-corrected chi connectivity index (χ1v) is 9.67. The largest absolute Gasteiger partial charge is 0.393 e. The number of hydrogen-bond donors (Lipinski definition) is 1. The molecule has 0 saturated heterocycles. The first-order chi connectivity index (χ1) is 10.5. The number of fused-ring (bicyclic) bond motifs is 5. The highest BCUT2D eigenvalue weighted by Gasteiger charge is 2.59. The summed E-state index contributed by atoms with van der Waals surface area (Å²) in [4.78, 5) is 0. The standard InChI is InChI=1S/C20H34O2/c1-19-8-7-17-16(18(19)11-15(12-19)22-3)5-4-13-10-14(21)6-9-20(13,17)2/h13-18,21H,4-12H2,1-3H3. The van der Waals surface area contributed by atoms with E-state index in [-0.39, 0.29) is 6.10 Å². The van der Waals surface area contributed by atoms with Crippen LogP contribution in [0, 0.1) is 34.5 Å². The van der Waals surface area contributed by atoms with Gasteiger partial charge in [0.05, 0.1) is 12.2 Å². The second-order valence-electron chi connectivity index (χ2n) is 9.58. The summed E-state index contributed by atoms with van der Waals surface area (Å²) in [7, 11) is 1.91. The Morgan fingerprint density at radius 3 is 2.55 bits per heavy atom. The third kappa shape index (κ3) is 2.13. The lowest BCUT2D eigenvalue weighted by atomic mass is 9.45. The van der Waals surface area contributed by atoms with Gasteiger partial charge in [0.25, 0.3) is 0 Å². The topological polar surface area (TPSA) is 29.5 Å². The molecule has 22 heavy (non-hydrogen) atoms. The van der Waals surface area contributed by atoms with Gasteiger partial charge in [-0.3, -0.25) is 0 Å². The van der Waals surface area contributed by atoms with Crippen LogP contribution >= 0.6 is 0 Å². The molecule has 0 aromatic carbocycles. The molecule has 126 valence electrons. The lowest BCUT2D eigenvalue weighted by Crippen LogP contribution is -2.53. The van der Waals surface area contributed by atoms with Gasteiger partial charge in [-0.2, -0.15) is 0 Å². The fraction of sp³-hybridized carbons (Fsp3) is 1.00. The predicted molar refractivity (Wildman–Crippen MR) is 88.5 cm³/mol. The van der Waals surface area contributed by atoms with Crippen LogP contribution in [0.4, 0.5) is 0 Å². The fourth-order valence-electron chi connectivity index (χ4n) is 7.41. The Morgan fingerprint density at radius 2 is 1.77 bits per heavy atom. The molecule has 0 aromatic heterocycles. The highest BCUT2D eigenvalue weighted by molar-refractivity contribution is 5.08. The van der Waals surface area contributed by atoms with Crippen molar-refractivity contribution in [1.29, 1.82) is 0 Å². The average Bonchev–Trinajstić information content (AvgIpc) is 2.85. The molecule has 0 radical (unpaired) electrons. The smallest absolute Gasteiger partial charge is 0.0579 e. The number of rotatable bonds is 1. The van der Waals surface area contributed by atoms with Crippen LogP contribution in [0.5, 0.6) is 0 Å². The number of hydrogen-bond acceptors (Lipinski definition) is 2. The lowest BCUT2D eigenvalue weighted by Gasteiger charge is -2.60. The summed E-state index contributed by atoms with van der Waals surface area (Å²) in [5, 5.41) is 10.1. The maximum atomic E-state index is 10.1. The van der Waals surface area contributed by atoms with Crippen molar-refractivity contribution in [3.05, 3.63) is 0 Å². The molecular formula is C20H34O2. The average molecular weight is 306 g/mol. The monoisotopic (exact) mass is 306 g/mol. The van der Waals surface area contributed by atoms with E-state index in [9.17, 15) is 5.11 Å². The Morgan fingerprint density at radius 1 is 0.955 bits per heavy atom. The molecule has 4 rings (SSSR count). The first-order valence-electron chi connectivity index (χ1n) is 9.67. The molecule has 2 nitrogen and oxygen atoms in total. The number of methoxy groups -OCH3 is 1. The van der Waals surface area contributed by atoms with Crippen LogP contribution in [0.15, 0.2) is 0 Å². The Bertz CT molecular complexity index is 435. The molecule has 4 aliphatic rings. The maximum Gasteiger partial charge on any atom is 0.0579 e. The van der Waals surface area contributed by atoms with E-state index in [1.54, 1.807) is 0 Å². The van der Waals surface area contributed by atoms with Gasteiger partial charge in [0.1, 0.15) is 0 Å². The van der Waals surface area contributed by atoms with Gasteiger partial charge in [0.15, 0.2) is 0 Å². The summed E-state index contributed by atoms with van der Waals surface area (Å²) in [6, 6.07) is 0. The summed E-state index contributed by atoms with van der Waals surface area (Å²) in [6.45, 7) is 5.12. The van der Waals surface area contributed by atoms with Crippen molar-refractivity contribution in [2.45, 2.75) is 83.8 Å². The summed E-state index contributed by atoms with van der Waals surface area (Å²) in [5.74, 6) is 3.50. The normalized spacial score (nSPS) is 57.8. The molecule has 4 aliphatic carbocycles. The Hall–Kier alpha value is -0.0800. The second-order valence-corrected chi connectivity index (χ2v) is 9.58. The molecular weight excluding hydrogens is 272 g/mol. The molecule has 0 aromatic rings. The van der Waals surface area contributed by atoms with Gasteiger partial charge in [0.2, 0.25) is 0 Å². The van der Waals surface area contributed by atoms with Gasteiger partial charge < -0.3 is 9.84 Å². The van der Waals surface area contributed by atoms with E-state index in [4.69, 9.17) is 4.74 Å². The lowest BCUT2D eigenvalue weighted by molar-refractivity contribution is -0.120. The Labute approximate surface area is 136 Å². The first kappa shape index (κ1) is 15.4. The Kier molecular flexibility index (Phi) is 3.66. The van der Waals surface area contributed by atoms with Crippen molar-refractivity contribution in [1.82, 2.24) is 0 Å². The van der Waals surface area contributed by atoms with Crippen LogP contribution in [0.1, 0.15) is 71.6 Å². The molecule has 0 amide bonds. The summed E-state index contributed by atoms with van der Waals surface area (Å²) < 4.78 is 5.76. The number of aliphatic hydroxyl groups excluding tert-OH is 1. The molecule has 4 fully saturated rings. The molecule has 0 spiro atoms. The van der Waals surface area contributed by atoms with Crippen molar-refractivity contribution in [3.63, 3.8) is 0 Å². The zero-order valence-electron chi connectivity index (χ0n) is 14.7. The highest BCUT2D eigenvalue weighted by Crippen LogP contribution is 2.66. The molecule has 8 unspecified atom stereocenters. The molecule has 4 saturated carbocycles. The fourth-order valence-corrected chi connectivity index (χ4v) is 7.41. The third-order valence-electron chi connectivity index (χ3n) is 8.70. The summed E-state index contributed by atoms with van der Waals surface area (Å²) in [5.41, 5.74) is 1.05. The van der Waals surface area contributed by atoms with Crippen LogP contribution in [0.2, 0.25) is 0 Å². The SMILES string of the molecule is COC1CC2C3CCC4CC(O)CCC4(C)C3CCC2(C)C1.